The van der Waals surface area contributed by atoms with Gasteiger partial charge in [0, 0.05) is 5.69 Å². The molecular weight excluding hydrogens is 398 g/mol. The van der Waals surface area contributed by atoms with E-state index in [0.29, 0.717) is 0 Å². The molecule has 2 rings (SSSR count). The number of nitrogens with zero attached hydrogens (tertiary/aromatic N) is 2. The molecule has 0 saturated carbocycles. The lowest BCUT2D eigenvalue weighted by Crippen LogP contribution is -2.16. The fourth-order valence-corrected chi connectivity index (χ4v) is 2.26. The lowest BCUT2D eigenvalue weighted by atomic mass is 10.1. The van der Waals surface area contributed by atoms with Gasteiger partial charge in [-0.15, -0.1) is 10.2 Å². The van der Waals surface area contributed by atoms with Gasteiger partial charge >= 0.3 is 17.9 Å². The fourth-order valence-electron chi connectivity index (χ4n) is 2.26. The summed E-state index contributed by atoms with van der Waals surface area (Å²) in [5.74, 6) is -5.67. The van der Waals surface area contributed by atoms with Crippen molar-refractivity contribution in [3.05, 3.63) is 70.6 Å². The predicted molar refractivity (Wildman–Crippen MR) is 102 cm³/mol. The van der Waals surface area contributed by atoms with Gasteiger partial charge in [-0.1, -0.05) is 12.1 Å². The summed E-state index contributed by atoms with van der Waals surface area (Å²) in [4.78, 5) is 46.0. The second-order valence-corrected chi connectivity index (χ2v) is 5.82. The normalized spacial score (nSPS) is 11.6. The maximum Gasteiger partial charge on any atom is 0.337 e. The smallest absolute Gasteiger partial charge is 0.337 e. The van der Waals surface area contributed by atoms with Crippen molar-refractivity contribution in [2.75, 3.05) is 5.32 Å². The van der Waals surface area contributed by atoms with Crippen molar-refractivity contribution in [3.8, 4) is 0 Å². The predicted octanol–water partition coefficient (Wildman–Crippen LogP) is 3.29. The van der Waals surface area contributed by atoms with E-state index in [4.69, 9.17) is 15.3 Å². The Morgan fingerprint density at radius 3 is 1.90 bits per heavy atom. The second kappa shape index (κ2) is 9.10. The van der Waals surface area contributed by atoms with Gasteiger partial charge in [-0.05, 0) is 37.3 Å². The minimum atomic E-state index is -1.41. The lowest BCUT2D eigenvalue weighted by Gasteiger charge is -2.08. The summed E-state index contributed by atoms with van der Waals surface area (Å²) in [6.07, 6.45) is 0. The average Bonchev–Trinajstić information content (AvgIpc) is 2.67. The first kappa shape index (κ1) is 21.8. The highest BCUT2D eigenvalue weighted by Gasteiger charge is 2.17. The van der Waals surface area contributed by atoms with Crippen molar-refractivity contribution in [1.29, 1.82) is 0 Å². The number of benzene rings is 2. The molecule has 5 N–H and O–H groups in total. The van der Waals surface area contributed by atoms with Gasteiger partial charge in [0.1, 0.15) is 11.4 Å². The molecule has 154 valence electrons. The van der Waals surface area contributed by atoms with Crippen LogP contribution in [0.25, 0.3) is 0 Å². The van der Waals surface area contributed by atoms with Crippen molar-refractivity contribution in [2.45, 2.75) is 6.92 Å². The van der Waals surface area contributed by atoms with Crippen LogP contribution in [0.2, 0.25) is 0 Å². The van der Waals surface area contributed by atoms with Gasteiger partial charge in [0.2, 0.25) is 0 Å². The molecule has 0 aliphatic rings. The van der Waals surface area contributed by atoms with Gasteiger partial charge in [-0.2, -0.15) is 0 Å². The third-order valence-corrected chi connectivity index (χ3v) is 3.63. The van der Waals surface area contributed by atoms with E-state index in [1.807, 2.05) is 0 Å². The number of aliphatic hydroxyl groups excluding tert-OH is 1. The molecule has 0 fully saturated rings. The number of rotatable bonds is 7. The van der Waals surface area contributed by atoms with E-state index in [2.05, 4.69) is 15.5 Å². The highest BCUT2D eigenvalue weighted by Crippen LogP contribution is 2.22. The molecule has 2 aromatic rings. The van der Waals surface area contributed by atoms with Crippen LogP contribution in [0.3, 0.4) is 0 Å². The Labute approximate surface area is 168 Å². The number of aromatic carboxylic acids is 3. The molecule has 0 aliphatic carbocycles. The summed E-state index contributed by atoms with van der Waals surface area (Å²) >= 11 is 0. The van der Waals surface area contributed by atoms with Crippen LogP contribution < -0.4 is 5.32 Å². The zero-order valence-electron chi connectivity index (χ0n) is 15.4. The maximum absolute atomic E-state index is 12.5. The third-order valence-electron chi connectivity index (χ3n) is 3.63. The van der Waals surface area contributed by atoms with Gasteiger partial charge in [-0.3, -0.25) is 4.79 Å². The van der Waals surface area contributed by atoms with Crippen molar-refractivity contribution < 1.29 is 39.6 Å². The molecular formula is C19H15N3O8. The molecule has 0 spiro atoms. The highest BCUT2D eigenvalue weighted by atomic mass is 16.4. The number of amides is 1. The highest BCUT2D eigenvalue weighted by molar-refractivity contribution is 6.05. The van der Waals surface area contributed by atoms with Crippen molar-refractivity contribution in [1.82, 2.24) is 0 Å². The van der Waals surface area contributed by atoms with Crippen LogP contribution in [-0.4, -0.2) is 44.2 Å². The minimum absolute atomic E-state index is 0.0717. The van der Waals surface area contributed by atoms with Gasteiger partial charge in [-0.25, -0.2) is 14.4 Å². The Balaban J connectivity index is 2.37. The minimum Gasteiger partial charge on any atom is -0.510 e. The molecule has 0 aromatic heterocycles. The summed E-state index contributed by atoms with van der Waals surface area (Å²) in [5.41, 5.74) is -1.78. The molecule has 0 atom stereocenters. The molecule has 2 aromatic carbocycles. The number of aliphatic hydroxyl groups is 1. The van der Waals surface area contributed by atoms with Crippen LogP contribution in [0.1, 0.15) is 38.0 Å². The molecule has 1 amide bonds. The van der Waals surface area contributed by atoms with Crippen molar-refractivity contribution in [3.63, 3.8) is 0 Å². The monoisotopic (exact) mass is 413 g/mol. The first-order valence-corrected chi connectivity index (χ1v) is 8.17. The van der Waals surface area contributed by atoms with Gasteiger partial charge in [0.15, 0.2) is 5.70 Å². The summed E-state index contributed by atoms with van der Waals surface area (Å²) in [6, 6.07) is 8.54. The number of hydrogen-bond donors (Lipinski definition) is 5. The summed E-state index contributed by atoms with van der Waals surface area (Å²) in [7, 11) is 0. The molecule has 0 aliphatic heterocycles. The van der Waals surface area contributed by atoms with Gasteiger partial charge in [0.05, 0.1) is 16.7 Å². The summed E-state index contributed by atoms with van der Waals surface area (Å²) in [5, 5.41) is 46.6. The Hall–Kier alpha value is -4.54. The molecule has 11 nitrogen and oxygen atoms in total. The third kappa shape index (κ3) is 5.25. The van der Waals surface area contributed by atoms with Crippen LogP contribution in [0.4, 0.5) is 11.4 Å². The van der Waals surface area contributed by atoms with Crippen LogP contribution in [0.5, 0.6) is 0 Å². The van der Waals surface area contributed by atoms with Crippen LogP contribution >= 0.6 is 0 Å². The van der Waals surface area contributed by atoms with Crippen LogP contribution in [-0.2, 0) is 4.79 Å². The molecule has 0 unspecified atom stereocenters. The molecule has 11 heteroatoms. The number of azo groups is 1. The number of carbonyl (C=O) groups is 4. The Morgan fingerprint density at radius 2 is 1.40 bits per heavy atom. The van der Waals surface area contributed by atoms with E-state index in [0.717, 1.165) is 25.1 Å². The van der Waals surface area contributed by atoms with Crippen molar-refractivity contribution >= 4 is 35.2 Å². The van der Waals surface area contributed by atoms with E-state index in [-0.39, 0.29) is 28.1 Å². The first-order valence-electron chi connectivity index (χ1n) is 8.17. The maximum atomic E-state index is 12.5. The lowest BCUT2D eigenvalue weighted by molar-refractivity contribution is -0.113. The zero-order valence-corrected chi connectivity index (χ0v) is 15.4. The number of nitrogens with one attached hydrogen (secondary N) is 1. The molecule has 0 bridgehead atoms. The van der Waals surface area contributed by atoms with E-state index in [1.54, 1.807) is 0 Å². The average molecular weight is 413 g/mol. The van der Waals surface area contributed by atoms with E-state index in [1.165, 1.54) is 24.3 Å². The number of hydrogen-bond acceptors (Lipinski definition) is 7. The summed E-state index contributed by atoms with van der Waals surface area (Å²) in [6.45, 7) is 1.13. The van der Waals surface area contributed by atoms with Crippen LogP contribution in [0, 0.1) is 0 Å². The number of carbonyl (C=O) groups excluding carboxylic acids is 1. The number of carboxylic acids is 3. The molecule has 0 radical (unpaired) electrons. The SMILES string of the molecule is C/C(O)=C(\N=Nc1ccccc1C(=O)O)C(=O)Nc1cc(C(=O)O)cc(C(=O)O)c1. The van der Waals surface area contributed by atoms with Crippen molar-refractivity contribution in [2.24, 2.45) is 10.2 Å². The Kier molecular flexibility index (Phi) is 6.60. The Bertz CT molecular complexity index is 1070. The van der Waals surface area contributed by atoms with E-state index in [9.17, 15) is 24.3 Å². The second-order valence-electron chi connectivity index (χ2n) is 5.82. The standard InChI is InChI=1S/C19H15N3O8/c1-9(23)15(22-21-14-5-3-2-4-13(14)19(29)30)16(24)20-12-7-10(17(25)26)6-11(8-12)18(27)28/h2-8,23H,1H3,(H,20,24)(H,25,26)(H,27,28)(H,29,30)/b15-9+,22-21?. The van der Waals surface area contributed by atoms with Crippen LogP contribution in [0.15, 0.2) is 64.1 Å². The largest absolute Gasteiger partial charge is 0.510 e. The molecule has 0 saturated heterocycles. The molecule has 0 heterocycles. The number of anilines is 1. The quantitative estimate of drug-likeness (QED) is 0.260. The topological polar surface area (TPSA) is 186 Å². The summed E-state index contributed by atoms with van der Waals surface area (Å²) < 4.78 is 0. The Morgan fingerprint density at radius 1 is 0.833 bits per heavy atom. The van der Waals surface area contributed by atoms with E-state index < -0.39 is 35.3 Å². The van der Waals surface area contributed by atoms with E-state index >= 15 is 0 Å². The fraction of sp³-hybridized carbons (Fsp3) is 0.0526. The van der Waals surface area contributed by atoms with Gasteiger partial charge in [0.25, 0.3) is 5.91 Å². The molecule has 30 heavy (non-hydrogen) atoms. The zero-order chi connectivity index (χ0) is 22.4. The van der Waals surface area contributed by atoms with Gasteiger partial charge < -0.3 is 25.7 Å². The first-order chi connectivity index (χ1) is 14.1. The number of allylic oxidation sites excluding steroid dienone is 1. The number of carboxylic acid groups (broad SMARTS) is 3.